The van der Waals surface area contributed by atoms with Crippen LogP contribution in [0, 0.1) is 11.6 Å². The van der Waals surface area contributed by atoms with Gasteiger partial charge in [0.15, 0.2) is 0 Å². The van der Waals surface area contributed by atoms with Crippen LogP contribution in [0.1, 0.15) is 31.4 Å². The molecule has 30 heavy (non-hydrogen) atoms. The first-order valence-electron chi connectivity index (χ1n) is 9.73. The van der Waals surface area contributed by atoms with E-state index < -0.39 is 41.6 Å². The maximum atomic E-state index is 13.4. The van der Waals surface area contributed by atoms with Crippen LogP contribution in [0.25, 0.3) is 0 Å². The molecular weight excluding hydrogens is 392 g/mol. The molecule has 3 rings (SSSR count). The predicted molar refractivity (Wildman–Crippen MR) is 106 cm³/mol. The van der Waals surface area contributed by atoms with Gasteiger partial charge in [-0.25, -0.2) is 13.6 Å². The minimum Gasteiger partial charge on any atom is -0.337 e. The third kappa shape index (κ3) is 4.03. The zero-order chi connectivity index (χ0) is 21.9. The average Bonchev–Trinajstić information content (AvgIpc) is 2.97. The smallest absolute Gasteiger partial charge is 0.325 e. The normalized spacial score (nSPS) is 18.5. The quantitative estimate of drug-likeness (QED) is 0.707. The van der Waals surface area contributed by atoms with Gasteiger partial charge >= 0.3 is 6.03 Å². The topological polar surface area (TPSA) is 69.7 Å². The fourth-order valence-corrected chi connectivity index (χ4v) is 3.61. The van der Waals surface area contributed by atoms with E-state index in [1.807, 2.05) is 0 Å². The van der Waals surface area contributed by atoms with E-state index in [4.69, 9.17) is 0 Å². The van der Waals surface area contributed by atoms with Crippen LogP contribution in [0.15, 0.2) is 48.5 Å². The van der Waals surface area contributed by atoms with E-state index in [-0.39, 0.29) is 13.0 Å². The second-order valence-corrected chi connectivity index (χ2v) is 7.13. The van der Waals surface area contributed by atoms with E-state index in [1.165, 1.54) is 41.3 Å². The summed E-state index contributed by atoms with van der Waals surface area (Å²) in [5, 5.41) is 2.67. The van der Waals surface area contributed by atoms with E-state index in [2.05, 4.69) is 5.32 Å². The number of rotatable bonds is 7. The average molecular weight is 415 g/mol. The van der Waals surface area contributed by atoms with Gasteiger partial charge in [-0.1, -0.05) is 31.2 Å². The van der Waals surface area contributed by atoms with Crippen molar-refractivity contribution in [1.29, 1.82) is 0 Å². The summed E-state index contributed by atoms with van der Waals surface area (Å²) in [6.45, 7) is 3.55. The maximum absolute atomic E-state index is 13.4. The molecule has 1 aliphatic rings. The fraction of sp³-hybridized carbons (Fsp3) is 0.318. The lowest BCUT2D eigenvalue weighted by molar-refractivity contribution is -0.139. The first kappa shape index (κ1) is 21.4. The van der Waals surface area contributed by atoms with Crippen molar-refractivity contribution in [2.45, 2.75) is 32.4 Å². The number of imide groups is 1. The molecule has 1 N–H and O–H groups in total. The second-order valence-electron chi connectivity index (χ2n) is 7.13. The number of carbonyl (C=O) groups is 3. The standard InChI is InChI=1S/C22H23F2N3O3/c1-3-22(16-8-10-17(23)11-9-16)20(29)27(21(30)25-22)14-19(28)26(4-2)13-15-6-5-7-18(24)12-15/h5-12H,3-4,13-14H2,1-2H3,(H,25,30). The van der Waals surface area contributed by atoms with Crippen molar-refractivity contribution < 1.29 is 23.2 Å². The number of hydrogen-bond acceptors (Lipinski definition) is 3. The summed E-state index contributed by atoms with van der Waals surface area (Å²) < 4.78 is 26.7. The first-order chi connectivity index (χ1) is 14.3. The highest BCUT2D eigenvalue weighted by molar-refractivity contribution is 6.09. The zero-order valence-electron chi connectivity index (χ0n) is 16.8. The third-order valence-corrected chi connectivity index (χ3v) is 5.33. The summed E-state index contributed by atoms with van der Waals surface area (Å²) in [6, 6.07) is 10.6. The van der Waals surface area contributed by atoms with Crippen LogP contribution in [0.5, 0.6) is 0 Å². The molecule has 158 valence electrons. The van der Waals surface area contributed by atoms with E-state index in [1.54, 1.807) is 26.0 Å². The van der Waals surface area contributed by atoms with Crippen LogP contribution >= 0.6 is 0 Å². The van der Waals surface area contributed by atoms with Crippen LogP contribution in [0.3, 0.4) is 0 Å². The molecular formula is C22H23F2N3O3. The summed E-state index contributed by atoms with van der Waals surface area (Å²) in [5.41, 5.74) is -0.284. The van der Waals surface area contributed by atoms with Crippen molar-refractivity contribution >= 4 is 17.8 Å². The molecule has 0 spiro atoms. The number of amides is 4. The lowest BCUT2D eigenvalue weighted by Gasteiger charge is -2.26. The molecule has 0 bridgehead atoms. The van der Waals surface area contributed by atoms with Crippen LogP contribution < -0.4 is 5.32 Å². The molecule has 0 aromatic heterocycles. The van der Waals surface area contributed by atoms with Gasteiger partial charge in [0.2, 0.25) is 5.91 Å². The Morgan fingerprint density at radius 2 is 1.77 bits per heavy atom. The molecule has 8 heteroatoms. The maximum Gasteiger partial charge on any atom is 0.325 e. The number of carbonyl (C=O) groups excluding carboxylic acids is 3. The first-order valence-corrected chi connectivity index (χ1v) is 9.73. The summed E-state index contributed by atoms with van der Waals surface area (Å²) in [4.78, 5) is 40.8. The monoisotopic (exact) mass is 415 g/mol. The lowest BCUT2D eigenvalue weighted by atomic mass is 9.87. The number of halogens is 2. The van der Waals surface area contributed by atoms with Gasteiger partial charge in [-0.2, -0.15) is 0 Å². The molecule has 1 saturated heterocycles. The van der Waals surface area contributed by atoms with Crippen molar-refractivity contribution in [3.8, 4) is 0 Å². The molecule has 0 radical (unpaired) electrons. The third-order valence-electron chi connectivity index (χ3n) is 5.33. The van der Waals surface area contributed by atoms with Gasteiger partial charge in [-0.15, -0.1) is 0 Å². The Labute approximate surface area is 173 Å². The highest BCUT2D eigenvalue weighted by atomic mass is 19.1. The number of likely N-dealkylation sites (N-methyl/N-ethyl adjacent to an activating group) is 1. The van der Waals surface area contributed by atoms with E-state index in [0.717, 1.165) is 4.90 Å². The highest BCUT2D eigenvalue weighted by Crippen LogP contribution is 2.32. The number of urea groups is 1. The number of nitrogens with one attached hydrogen (secondary N) is 1. The molecule has 2 aromatic rings. The van der Waals surface area contributed by atoms with E-state index in [0.29, 0.717) is 17.7 Å². The van der Waals surface area contributed by atoms with Crippen molar-refractivity contribution in [3.63, 3.8) is 0 Å². The molecule has 1 heterocycles. The minimum atomic E-state index is -1.34. The molecule has 1 fully saturated rings. The van der Waals surface area contributed by atoms with Crippen molar-refractivity contribution in [1.82, 2.24) is 15.1 Å². The molecule has 0 aliphatic carbocycles. The summed E-state index contributed by atoms with van der Waals surface area (Å²) in [7, 11) is 0. The molecule has 1 atom stereocenters. The summed E-state index contributed by atoms with van der Waals surface area (Å²) >= 11 is 0. The molecule has 4 amide bonds. The van der Waals surface area contributed by atoms with Gasteiger partial charge in [0, 0.05) is 13.1 Å². The molecule has 2 aromatic carbocycles. The molecule has 1 unspecified atom stereocenters. The van der Waals surface area contributed by atoms with Gasteiger partial charge in [0.05, 0.1) is 0 Å². The number of hydrogen-bond donors (Lipinski definition) is 1. The molecule has 1 aliphatic heterocycles. The second kappa shape index (κ2) is 8.61. The van der Waals surface area contributed by atoms with Gasteiger partial charge in [-0.3, -0.25) is 14.5 Å². The fourth-order valence-electron chi connectivity index (χ4n) is 3.61. The van der Waals surface area contributed by atoms with Gasteiger partial charge in [-0.05, 0) is 48.7 Å². The summed E-state index contributed by atoms with van der Waals surface area (Å²) in [5.74, 6) is -1.85. The zero-order valence-corrected chi connectivity index (χ0v) is 16.8. The van der Waals surface area contributed by atoms with Crippen molar-refractivity contribution in [3.05, 3.63) is 71.3 Å². The summed E-state index contributed by atoms with van der Waals surface area (Å²) in [6.07, 6.45) is 0.245. The minimum absolute atomic E-state index is 0.160. The van der Waals surface area contributed by atoms with Crippen LogP contribution in [-0.4, -0.2) is 40.7 Å². The van der Waals surface area contributed by atoms with E-state index >= 15 is 0 Å². The van der Waals surface area contributed by atoms with E-state index in [9.17, 15) is 23.2 Å². The lowest BCUT2D eigenvalue weighted by Crippen LogP contribution is -2.45. The molecule has 6 nitrogen and oxygen atoms in total. The number of benzene rings is 2. The van der Waals surface area contributed by atoms with Gasteiger partial charge < -0.3 is 10.2 Å². The Kier molecular flexibility index (Phi) is 6.14. The van der Waals surface area contributed by atoms with Crippen LogP contribution in [0.4, 0.5) is 13.6 Å². The van der Waals surface area contributed by atoms with Crippen molar-refractivity contribution in [2.24, 2.45) is 0 Å². The Bertz CT molecular complexity index is 964. The Morgan fingerprint density at radius 3 is 2.37 bits per heavy atom. The SMILES string of the molecule is CCN(Cc1cccc(F)c1)C(=O)CN1C(=O)NC(CC)(c2ccc(F)cc2)C1=O. The Balaban J connectivity index is 1.78. The Morgan fingerprint density at radius 1 is 1.07 bits per heavy atom. The van der Waals surface area contributed by atoms with Crippen molar-refractivity contribution in [2.75, 3.05) is 13.1 Å². The Hall–Kier alpha value is -3.29. The van der Waals surface area contributed by atoms with Gasteiger partial charge in [0.1, 0.15) is 23.7 Å². The predicted octanol–water partition coefficient (Wildman–Crippen LogP) is 3.17. The van der Waals surface area contributed by atoms with Gasteiger partial charge in [0.25, 0.3) is 5.91 Å². The molecule has 0 saturated carbocycles. The van der Waals surface area contributed by atoms with Crippen LogP contribution in [-0.2, 0) is 21.7 Å². The van der Waals surface area contributed by atoms with Crippen LogP contribution in [0.2, 0.25) is 0 Å². The largest absolute Gasteiger partial charge is 0.337 e. The number of nitrogens with zero attached hydrogens (tertiary/aromatic N) is 2. The highest BCUT2D eigenvalue weighted by Gasteiger charge is 2.51.